The van der Waals surface area contributed by atoms with Gasteiger partial charge in [0.05, 0.1) is 6.10 Å². The molecule has 0 radical (unpaired) electrons. The first-order chi connectivity index (χ1) is 10.3. The van der Waals surface area contributed by atoms with Crippen LogP contribution in [-0.2, 0) is 11.8 Å². The highest BCUT2D eigenvalue weighted by atomic mass is 16.3. The second-order valence-electron chi connectivity index (χ2n) is 6.29. The van der Waals surface area contributed by atoms with Gasteiger partial charge in [-0.1, -0.05) is 79.9 Å². The predicted molar refractivity (Wildman–Crippen MR) is 87.4 cm³/mol. The second-order valence-corrected chi connectivity index (χ2v) is 6.29. The lowest BCUT2D eigenvalue weighted by atomic mass is 9.65. The third-order valence-electron chi connectivity index (χ3n) is 5.00. The zero-order chi connectivity index (χ0) is 14.5. The minimum absolute atomic E-state index is 0.0602. The quantitative estimate of drug-likeness (QED) is 0.874. The van der Waals surface area contributed by atoms with Gasteiger partial charge in [-0.3, -0.25) is 0 Å². The Labute approximate surface area is 127 Å². The minimum Gasteiger partial charge on any atom is -0.392 e. The monoisotopic (exact) mass is 280 g/mol. The molecule has 1 aliphatic rings. The SMILES string of the molecule is OC(Cc1ccccc1)C1(c2ccccc2)CCCCC1. The molecule has 1 atom stereocenters. The molecule has 0 spiro atoms. The Kier molecular flexibility index (Phi) is 4.40. The molecule has 1 N–H and O–H groups in total. The van der Waals surface area contributed by atoms with Gasteiger partial charge in [-0.05, 0) is 30.4 Å². The van der Waals surface area contributed by atoms with Crippen LogP contribution in [0.1, 0.15) is 43.2 Å². The highest BCUT2D eigenvalue weighted by Gasteiger charge is 2.40. The van der Waals surface area contributed by atoms with E-state index >= 15 is 0 Å². The second kappa shape index (κ2) is 6.44. The predicted octanol–water partition coefficient (Wildman–Crippen LogP) is 4.49. The first-order valence-corrected chi connectivity index (χ1v) is 8.09. The van der Waals surface area contributed by atoms with Gasteiger partial charge >= 0.3 is 0 Å². The largest absolute Gasteiger partial charge is 0.392 e. The summed E-state index contributed by atoms with van der Waals surface area (Å²) in [5, 5.41) is 11.0. The van der Waals surface area contributed by atoms with E-state index in [-0.39, 0.29) is 11.5 Å². The fourth-order valence-electron chi connectivity index (χ4n) is 3.80. The minimum atomic E-state index is -0.303. The van der Waals surface area contributed by atoms with Crippen molar-refractivity contribution >= 4 is 0 Å². The molecule has 1 aliphatic carbocycles. The van der Waals surface area contributed by atoms with E-state index in [2.05, 4.69) is 54.6 Å². The van der Waals surface area contributed by atoms with Crippen LogP contribution >= 0.6 is 0 Å². The summed E-state index contributed by atoms with van der Waals surface area (Å²) in [6.45, 7) is 0. The Balaban J connectivity index is 1.88. The fraction of sp³-hybridized carbons (Fsp3) is 0.400. The van der Waals surface area contributed by atoms with Gasteiger partial charge in [0.15, 0.2) is 0 Å². The van der Waals surface area contributed by atoms with Crippen LogP contribution in [0, 0.1) is 0 Å². The fourth-order valence-corrected chi connectivity index (χ4v) is 3.80. The summed E-state index contributed by atoms with van der Waals surface area (Å²) in [6, 6.07) is 21.0. The van der Waals surface area contributed by atoms with Crippen LogP contribution in [0.25, 0.3) is 0 Å². The van der Waals surface area contributed by atoms with Crippen LogP contribution in [0.2, 0.25) is 0 Å². The summed E-state index contributed by atoms with van der Waals surface area (Å²) in [5.41, 5.74) is 2.48. The van der Waals surface area contributed by atoms with Crippen molar-refractivity contribution in [2.75, 3.05) is 0 Å². The van der Waals surface area contributed by atoms with Gasteiger partial charge in [0, 0.05) is 5.41 Å². The van der Waals surface area contributed by atoms with Crippen molar-refractivity contribution in [1.82, 2.24) is 0 Å². The Morgan fingerprint density at radius 1 is 0.810 bits per heavy atom. The molecular weight excluding hydrogens is 256 g/mol. The molecule has 1 unspecified atom stereocenters. The van der Waals surface area contributed by atoms with E-state index in [1.807, 2.05) is 6.07 Å². The van der Waals surface area contributed by atoms with Crippen molar-refractivity contribution in [2.45, 2.75) is 50.0 Å². The highest BCUT2D eigenvalue weighted by Crippen LogP contribution is 2.43. The van der Waals surface area contributed by atoms with Crippen LogP contribution in [0.4, 0.5) is 0 Å². The Morgan fingerprint density at radius 2 is 1.38 bits per heavy atom. The highest BCUT2D eigenvalue weighted by molar-refractivity contribution is 5.29. The maximum absolute atomic E-state index is 11.0. The first-order valence-electron chi connectivity index (χ1n) is 8.09. The van der Waals surface area contributed by atoms with Gasteiger partial charge in [-0.2, -0.15) is 0 Å². The molecule has 1 fully saturated rings. The third-order valence-corrected chi connectivity index (χ3v) is 5.00. The van der Waals surface area contributed by atoms with Crippen molar-refractivity contribution in [1.29, 1.82) is 0 Å². The number of aliphatic hydroxyl groups is 1. The van der Waals surface area contributed by atoms with Crippen molar-refractivity contribution in [2.24, 2.45) is 0 Å². The van der Waals surface area contributed by atoms with Gasteiger partial charge in [0.1, 0.15) is 0 Å². The first kappa shape index (κ1) is 14.3. The van der Waals surface area contributed by atoms with Crippen LogP contribution in [0.3, 0.4) is 0 Å². The maximum Gasteiger partial charge on any atom is 0.0677 e. The van der Waals surface area contributed by atoms with E-state index in [4.69, 9.17) is 0 Å². The van der Waals surface area contributed by atoms with Crippen molar-refractivity contribution in [3.8, 4) is 0 Å². The smallest absolute Gasteiger partial charge is 0.0677 e. The van der Waals surface area contributed by atoms with Crippen molar-refractivity contribution in [3.63, 3.8) is 0 Å². The molecule has 3 rings (SSSR count). The number of rotatable bonds is 4. The van der Waals surface area contributed by atoms with Crippen LogP contribution in [-0.4, -0.2) is 11.2 Å². The van der Waals surface area contributed by atoms with Gasteiger partial charge < -0.3 is 5.11 Å². The lowest BCUT2D eigenvalue weighted by Crippen LogP contribution is -2.42. The molecule has 1 heteroatoms. The standard InChI is InChI=1S/C20H24O/c21-19(16-17-10-4-1-5-11-17)20(14-8-3-9-15-20)18-12-6-2-7-13-18/h1-2,4-7,10-13,19,21H,3,8-9,14-16H2. The maximum atomic E-state index is 11.0. The lowest BCUT2D eigenvalue weighted by molar-refractivity contribution is 0.0539. The number of hydrogen-bond acceptors (Lipinski definition) is 1. The molecule has 0 amide bonds. The molecule has 1 nitrogen and oxygen atoms in total. The zero-order valence-corrected chi connectivity index (χ0v) is 12.5. The normalized spacial score (nSPS) is 19.1. The van der Waals surface area contributed by atoms with Gasteiger partial charge in [-0.25, -0.2) is 0 Å². The van der Waals surface area contributed by atoms with E-state index in [9.17, 15) is 5.11 Å². The zero-order valence-electron chi connectivity index (χ0n) is 12.5. The van der Waals surface area contributed by atoms with Gasteiger partial charge in [-0.15, -0.1) is 0 Å². The molecule has 2 aromatic rings. The lowest BCUT2D eigenvalue weighted by Gasteiger charge is -2.42. The van der Waals surface area contributed by atoms with Crippen molar-refractivity contribution in [3.05, 3.63) is 71.8 Å². The van der Waals surface area contributed by atoms with E-state index in [0.717, 1.165) is 19.3 Å². The molecule has 21 heavy (non-hydrogen) atoms. The molecule has 1 saturated carbocycles. The average molecular weight is 280 g/mol. The topological polar surface area (TPSA) is 20.2 Å². The van der Waals surface area contributed by atoms with Crippen molar-refractivity contribution < 1.29 is 5.11 Å². The number of hydrogen-bond donors (Lipinski definition) is 1. The summed E-state index contributed by atoms with van der Waals surface area (Å²) < 4.78 is 0. The summed E-state index contributed by atoms with van der Waals surface area (Å²) in [4.78, 5) is 0. The molecule has 0 heterocycles. The van der Waals surface area contributed by atoms with E-state index < -0.39 is 0 Å². The van der Waals surface area contributed by atoms with Crippen LogP contribution < -0.4 is 0 Å². The molecule has 110 valence electrons. The molecule has 0 bridgehead atoms. The van der Waals surface area contributed by atoms with Gasteiger partial charge in [0.2, 0.25) is 0 Å². The van der Waals surface area contributed by atoms with Crippen LogP contribution in [0.5, 0.6) is 0 Å². The summed E-state index contributed by atoms with van der Waals surface area (Å²) in [6.07, 6.45) is 6.39. The van der Waals surface area contributed by atoms with E-state index in [0.29, 0.717) is 0 Å². The van der Waals surface area contributed by atoms with Crippen LogP contribution in [0.15, 0.2) is 60.7 Å². The Hall–Kier alpha value is -1.60. The molecule has 0 saturated heterocycles. The molecule has 0 aliphatic heterocycles. The van der Waals surface area contributed by atoms with Gasteiger partial charge in [0.25, 0.3) is 0 Å². The third kappa shape index (κ3) is 3.03. The summed E-state index contributed by atoms with van der Waals surface area (Å²) in [5.74, 6) is 0. The van der Waals surface area contributed by atoms with E-state index in [1.165, 1.54) is 30.4 Å². The molecule has 2 aromatic carbocycles. The number of benzene rings is 2. The Bertz CT molecular complexity index is 541. The average Bonchev–Trinajstić information content (AvgIpc) is 2.57. The number of aliphatic hydroxyl groups excluding tert-OH is 1. The Morgan fingerprint density at radius 3 is 2.00 bits per heavy atom. The summed E-state index contributed by atoms with van der Waals surface area (Å²) in [7, 11) is 0. The molecule has 0 aromatic heterocycles. The van der Waals surface area contributed by atoms with E-state index in [1.54, 1.807) is 0 Å². The molecular formula is C20H24O. The summed E-state index contributed by atoms with van der Waals surface area (Å²) >= 11 is 0.